The Kier molecular flexibility index (Phi) is 5.50. The lowest BCUT2D eigenvalue weighted by Gasteiger charge is -2.17. The van der Waals surface area contributed by atoms with Crippen LogP contribution in [0.5, 0.6) is 0 Å². The first-order chi connectivity index (χ1) is 8.03. The van der Waals surface area contributed by atoms with Gasteiger partial charge in [0.15, 0.2) is 0 Å². The zero-order valence-electron chi connectivity index (χ0n) is 10.3. The largest absolute Gasteiger partial charge is 0.310 e. The van der Waals surface area contributed by atoms with Crippen molar-refractivity contribution >= 4 is 9.84 Å². The number of sulfone groups is 1. The third-order valence-electron chi connectivity index (χ3n) is 2.47. The third-order valence-corrected chi connectivity index (χ3v) is 3.50. The normalized spacial score (nSPS) is 13.5. The van der Waals surface area contributed by atoms with Crippen molar-refractivity contribution in [2.24, 2.45) is 0 Å². The summed E-state index contributed by atoms with van der Waals surface area (Å²) in [6.45, 7) is 2.87. The summed E-state index contributed by atoms with van der Waals surface area (Å²) in [6.07, 6.45) is 6.07. The molecular weight excluding hydrogens is 238 g/mol. The second-order valence-corrected chi connectivity index (χ2v) is 6.32. The number of rotatable bonds is 7. The fraction of sp³-hybridized carbons (Fsp3) is 0.636. The second kappa shape index (κ2) is 6.66. The fourth-order valence-corrected chi connectivity index (χ4v) is 2.38. The number of hydrogen-bond acceptors (Lipinski definition) is 5. The van der Waals surface area contributed by atoms with Crippen molar-refractivity contribution < 1.29 is 8.42 Å². The molecule has 0 fully saturated rings. The van der Waals surface area contributed by atoms with Crippen LogP contribution in [0.15, 0.2) is 18.5 Å². The molecule has 0 radical (unpaired) electrons. The van der Waals surface area contributed by atoms with Gasteiger partial charge in [-0.3, -0.25) is 0 Å². The summed E-state index contributed by atoms with van der Waals surface area (Å²) in [7, 11) is -2.87. The number of aromatic nitrogens is 2. The Morgan fingerprint density at radius 2 is 2.18 bits per heavy atom. The van der Waals surface area contributed by atoms with Crippen molar-refractivity contribution in [2.45, 2.75) is 25.8 Å². The molecule has 1 N–H and O–H groups in total. The molecule has 0 aromatic carbocycles. The van der Waals surface area contributed by atoms with Crippen LogP contribution in [-0.2, 0) is 9.84 Å². The molecule has 17 heavy (non-hydrogen) atoms. The van der Waals surface area contributed by atoms with Gasteiger partial charge in [-0.15, -0.1) is 0 Å². The molecule has 0 aliphatic rings. The van der Waals surface area contributed by atoms with Crippen LogP contribution >= 0.6 is 0 Å². The molecule has 1 aromatic heterocycles. The van der Waals surface area contributed by atoms with Crippen LogP contribution in [0.4, 0.5) is 0 Å². The first-order valence-corrected chi connectivity index (χ1v) is 7.76. The van der Waals surface area contributed by atoms with Crippen molar-refractivity contribution in [1.82, 2.24) is 15.5 Å². The highest BCUT2D eigenvalue weighted by Crippen LogP contribution is 2.17. The summed E-state index contributed by atoms with van der Waals surface area (Å²) >= 11 is 0. The Balaban J connectivity index is 2.56. The molecule has 0 aliphatic carbocycles. The highest BCUT2D eigenvalue weighted by molar-refractivity contribution is 7.90. The fourth-order valence-electron chi connectivity index (χ4n) is 1.69. The van der Waals surface area contributed by atoms with E-state index in [0.29, 0.717) is 6.42 Å². The molecular formula is C11H19N3O2S. The Labute approximate surface area is 103 Å². The number of nitrogens with zero attached hydrogens (tertiary/aromatic N) is 2. The smallest absolute Gasteiger partial charge is 0.147 e. The molecule has 0 bridgehead atoms. The predicted octanol–water partition coefficient (Wildman–Crippen LogP) is 0.952. The maximum absolute atomic E-state index is 11.1. The average molecular weight is 257 g/mol. The van der Waals surface area contributed by atoms with E-state index in [1.165, 1.54) is 6.26 Å². The van der Waals surface area contributed by atoms with E-state index in [1.807, 2.05) is 13.0 Å². The summed E-state index contributed by atoms with van der Waals surface area (Å²) in [4.78, 5) is 0. The highest BCUT2D eigenvalue weighted by atomic mass is 32.2. The van der Waals surface area contributed by atoms with Crippen LogP contribution in [0.1, 0.15) is 31.4 Å². The molecule has 1 aromatic rings. The van der Waals surface area contributed by atoms with Crippen molar-refractivity contribution in [1.29, 1.82) is 0 Å². The standard InChI is InChI=1S/C11H19N3O2S/c1-3-12-11(5-4-8-17(2,15)16)10-6-7-13-14-9-10/h6-7,9,11-12H,3-5,8H2,1-2H3. The van der Waals surface area contributed by atoms with E-state index in [9.17, 15) is 8.42 Å². The predicted molar refractivity (Wildman–Crippen MR) is 67.4 cm³/mol. The summed E-state index contributed by atoms with van der Waals surface area (Å²) in [6, 6.07) is 2.05. The zero-order chi connectivity index (χ0) is 12.7. The van der Waals surface area contributed by atoms with Crippen LogP contribution in [-0.4, -0.2) is 37.2 Å². The van der Waals surface area contributed by atoms with Crippen LogP contribution in [0.2, 0.25) is 0 Å². The lowest BCUT2D eigenvalue weighted by molar-refractivity contribution is 0.504. The highest BCUT2D eigenvalue weighted by Gasteiger charge is 2.11. The molecule has 0 saturated carbocycles. The minimum absolute atomic E-state index is 0.150. The van der Waals surface area contributed by atoms with Crippen LogP contribution in [0, 0.1) is 0 Å². The molecule has 0 aliphatic heterocycles. The SMILES string of the molecule is CCNC(CCCS(C)(=O)=O)c1ccnnc1. The molecule has 1 heterocycles. The van der Waals surface area contributed by atoms with Gasteiger partial charge in [0.05, 0.1) is 6.20 Å². The van der Waals surface area contributed by atoms with Gasteiger partial charge in [0.25, 0.3) is 0 Å². The monoisotopic (exact) mass is 257 g/mol. The van der Waals surface area contributed by atoms with Gasteiger partial charge in [0.1, 0.15) is 9.84 Å². The molecule has 0 amide bonds. The van der Waals surface area contributed by atoms with Gasteiger partial charge in [0, 0.05) is 24.2 Å². The molecule has 6 heteroatoms. The summed E-state index contributed by atoms with van der Waals surface area (Å²) in [5.41, 5.74) is 1.05. The molecule has 5 nitrogen and oxygen atoms in total. The average Bonchev–Trinajstić information content (AvgIpc) is 2.27. The van der Waals surface area contributed by atoms with Gasteiger partial charge in [-0.2, -0.15) is 10.2 Å². The lowest BCUT2D eigenvalue weighted by atomic mass is 10.1. The molecule has 0 saturated heterocycles. The summed E-state index contributed by atoms with van der Waals surface area (Å²) in [5, 5.41) is 10.9. The number of nitrogens with one attached hydrogen (secondary N) is 1. The van der Waals surface area contributed by atoms with Crippen molar-refractivity contribution in [3.05, 3.63) is 24.0 Å². The van der Waals surface area contributed by atoms with Gasteiger partial charge in [-0.25, -0.2) is 8.42 Å². The molecule has 1 atom stereocenters. The molecule has 0 spiro atoms. The van der Waals surface area contributed by atoms with E-state index in [0.717, 1.165) is 18.5 Å². The van der Waals surface area contributed by atoms with Gasteiger partial charge >= 0.3 is 0 Å². The van der Waals surface area contributed by atoms with Gasteiger partial charge in [0.2, 0.25) is 0 Å². The first kappa shape index (κ1) is 14.1. The Morgan fingerprint density at radius 1 is 1.41 bits per heavy atom. The van der Waals surface area contributed by atoms with Crippen LogP contribution in [0.3, 0.4) is 0 Å². The number of hydrogen-bond donors (Lipinski definition) is 1. The minimum atomic E-state index is -2.87. The van der Waals surface area contributed by atoms with Crippen molar-refractivity contribution in [3.8, 4) is 0 Å². The summed E-state index contributed by atoms with van der Waals surface area (Å²) < 4.78 is 22.1. The minimum Gasteiger partial charge on any atom is -0.310 e. The maximum Gasteiger partial charge on any atom is 0.147 e. The quantitative estimate of drug-likeness (QED) is 0.787. The first-order valence-electron chi connectivity index (χ1n) is 5.70. The van der Waals surface area contributed by atoms with Crippen LogP contribution < -0.4 is 5.32 Å². The lowest BCUT2D eigenvalue weighted by Crippen LogP contribution is -2.22. The topological polar surface area (TPSA) is 72.0 Å². The van der Waals surface area contributed by atoms with E-state index in [4.69, 9.17) is 0 Å². The maximum atomic E-state index is 11.1. The van der Waals surface area contributed by atoms with Crippen molar-refractivity contribution in [3.63, 3.8) is 0 Å². The molecule has 1 rings (SSSR count). The van der Waals surface area contributed by atoms with Gasteiger partial charge in [-0.1, -0.05) is 6.92 Å². The van der Waals surface area contributed by atoms with E-state index >= 15 is 0 Å². The van der Waals surface area contributed by atoms with Gasteiger partial charge < -0.3 is 5.32 Å². The Morgan fingerprint density at radius 3 is 2.71 bits per heavy atom. The third kappa shape index (κ3) is 5.74. The molecule has 96 valence electrons. The zero-order valence-corrected chi connectivity index (χ0v) is 11.1. The molecule has 1 unspecified atom stereocenters. The van der Waals surface area contributed by atoms with Crippen molar-refractivity contribution in [2.75, 3.05) is 18.6 Å². The van der Waals surface area contributed by atoms with E-state index in [1.54, 1.807) is 12.4 Å². The summed E-state index contributed by atoms with van der Waals surface area (Å²) in [5.74, 6) is 0.230. The van der Waals surface area contributed by atoms with E-state index in [-0.39, 0.29) is 11.8 Å². The van der Waals surface area contributed by atoms with Crippen LogP contribution in [0.25, 0.3) is 0 Å². The van der Waals surface area contributed by atoms with E-state index < -0.39 is 9.84 Å². The van der Waals surface area contributed by atoms with E-state index in [2.05, 4.69) is 15.5 Å². The van der Waals surface area contributed by atoms with Gasteiger partial charge in [-0.05, 0) is 31.0 Å². The second-order valence-electron chi connectivity index (χ2n) is 4.06. The Bertz CT molecular complexity index is 420. The Hall–Kier alpha value is -1.01.